The van der Waals surface area contributed by atoms with Crippen LogP contribution < -0.4 is 0 Å². The molecule has 0 N–H and O–H groups in total. The molecule has 1 unspecified atom stereocenters. The van der Waals surface area contributed by atoms with Gasteiger partial charge in [-0.15, -0.1) is 0 Å². The zero-order valence-corrected chi connectivity index (χ0v) is 19.6. The molecule has 1 saturated heterocycles. The third-order valence-corrected chi connectivity index (χ3v) is 6.80. The van der Waals surface area contributed by atoms with E-state index in [0.29, 0.717) is 29.1 Å². The van der Waals surface area contributed by atoms with Crippen LogP contribution in [-0.4, -0.2) is 36.6 Å². The van der Waals surface area contributed by atoms with Gasteiger partial charge in [-0.05, 0) is 87.4 Å². The van der Waals surface area contributed by atoms with E-state index in [9.17, 15) is 8.78 Å². The van der Waals surface area contributed by atoms with Gasteiger partial charge in [0.15, 0.2) is 0 Å². The number of nitrogens with zero attached hydrogens (tertiary/aromatic N) is 3. The lowest BCUT2D eigenvalue weighted by Crippen LogP contribution is -2.44. The second-order valence-electron chi connectivity index (χ2n) is 9.15. The van der Waals surface area contributed by atoms with Crippen molar-refractivity contribution in [3.8, 4) is 17.3 Å². The van der Waals surface area contributed by atoms with Gasteiger partial charge in [0.2, 0.25) is 0 Å². The zero-order chi connectivity index (χ0) is 24.1. The molecule has 2 aromatic carbocycles. The molecule has 1 aromatic heterocycles. The summed E-state index contributed by atoms with van der Waals surface area (Å²) in [5.74, 6) is -0.247. The van der Waals surface area contributed by atoms with Gasteiger partial charge >= 0.3 is 0 Å². The number of aromatic nitrogens is 1. The lowest BCUT2D eigenvalue weighted by Gasteiger charge is -2.41. The van der Waals surface area contributed by atoms with E-state index in [0.717, 1.165) is 37.1 Å². The van der Waals surface area contributed by atoms with Gasteiger partial charge in [-0.1, -0.05) is 24.3 Å². The lowest BCUT2D eigenvalue weighted by molar-refractivity contribution is 0.00462. The van der Waals surface area contributed by atoms with Crippen molar-refractivity contribution in [2.75, 3.05) is 26.7 Å². The van der Waals surface area contributed by atoms with E-state index >= 15 is 0 Å². The monoisotopic (exact) mass is 461 g/mol. The number of benzene rings is 2. The molecule has 3 aromatic rings. The molecule has 6 heteroatoms. The van der Waals surface area contributed by atoms with Gasteiger partial charge in [0.25, 0.3) is 0 Å². The summed E-state index contributed by atoms with van der Waals surface area (Å²) in [4.78, 5) is 7.05. The predicted molar refractivity (Wildman–Crippen MR) is 128 cm³/mol. The van der Waals surface area contributed by atoms with Crippen molar-refractivity contribution in [3.63, 3.8) is 0 Å². The van der Waals surface area contributed by atoms with E-state index in [2.05, 4.69) is 18.0 Å². The van der Waals surface area contributed by atoms with Crippen molar-refractivity contribution < 1.29 is 13.5 Å². The lowest BCUT2D eigenvalue weighted by atomic mass is 9.73. The summed E-state index contributed by atoms with van der Waals surface area (Å²) in [5.41, 5.74) is 4.11. The Balaban J connectivity index is 1.57. The highest BCUT2D eigenvalue weighted by atomic mass is 19.1. The number of alkyl halides is 1. The third kappa shape index (κ3) is 5.32. The number of piperidine rings is 1. The van der Waals surface area contributed by atoms with E-state index in [1.165, 1.54) is 12.1 Å². The van der Waals surface area contributed by atoms with Gasteiger partial charge < -0.3 is 9.64 Å². The fourth-order valence-electron chi connectivity index (χ4n) is 4.50. The minimum atomic E-state index is -0.600. The van der Waals surface area contributed by atoms with Crippen molar-refractivity contribution in [2.24, 2.45) is 0 Å². The number of ether oxygens (including phenoxy) is 1. The maximum atomic E-state index is 13.7. The zero-order valence-electron chi connectivity index (χ0n) is 19.6. The number of halogens is 2. The molecule has 4 nitrogen and oxygen atoms in total. The summed E-state index contributed by atoms with van der Waals surface area (Å²) in [6.45, 7) is 3.68. The van der Waals surface area contributed by atoms with Crippen molar-refractivity contribution >= 4 is 0 Å². The van der Waals surface area contributed by atoms with Gasteiger partial charge in [0.05, 0.1) is 35.7 Å². The van der Waals surface area contributed by atoms with Crippen LogP contribution in [0.15, 0.2) is 60.7 Å². The molecule has 0 bridgehead atoms. The van der Waals surface area contributed by atoms with E-state index in [1.54, 1.807) is 24.3 Å². The number of hydrogen-bond acceptors (Lipinski definition) is 4. The molecular formula is C28H29F2N3O. The van der Waals surface area contributed by atoms with Crippen LogP contribution in [0.5, 0.6) is 0 Å². The number of rotatable bonds is 7. The third-order valence-electron chi connectivity index (χ3n) is 6.80. The van der Waals surface area contributed by atoms with Crippen molar-refractivity contribution in [3.05, 3.63) is 88.9 Å². The van der Waals surface area contributed by atoms with Crippen LogP contribution in [0.2, 0.25) is 0 Å². The normalized spacial score (nSPS) is 16.7. The molecule has 34 heavy (non-hydrogen) atoms. The highest BCUT2D eigenvalue weighted by Crippen LogP contribution is 2.37. The Bertz CT molecular complexity index is 1150. The first kappa shape index (κ1) is 24.0. The second kappa shape index (κ2) is 10.4. The molecule has 4 rings (SSSR count). The molecule has 0 amide bonds. The van der Waals surface area contributed by atoms with Gasteiger partial charge in [-0.2, -0.15) is 5.26 Å². The number of likely N-dealkylation sites (tertiary alicyclic amines) is 1. The molecular weight excluding hydrogens is 432 g/mol. The molecule has 1 aliphatic heterocycles. The van der Waals surface area contributed by atoms with E-state index in [1.807, 2.05) is 31.2 Å². The summed E-state index contributed by atoms with van der Waals surface area (Å²) in [6.07, 6.45) is 1.48. The van der Waals surface area contributed by atoms with Crippen LogP contribution >= 0.6 is 0 Å². The van der Waals surface area contributed by atoms with Crippen LogP contribution in [-0.2, 0) is 16.8 Å². The van der Waals surface area contributed by atoms with Crippen molar-refractivity contribution in [1.82, 2.24) is 9.88 Å². The first-order chi connectivity index (χ1) is 16.4. The van der Waals surface area contributed by atoms with E-state index in [4.69, 9.17) is 15.0 Å². The second-order valence-corrected chi connectivity index (χ2v) is 9.15. The van der Waals surface area contributed by atoms with Crippen LogP contribution in [0.25, 0.3) is 11.3 Å². The molecule has 176 valence electrons. The highest BCUT2D eigenvalue weighted by molar-refractivity contribution is 5.61. The number of nitriles is 1. The Morgan fingerprint density at radius 2 is 1.76 bits per heavy atom. The summed E-state index contributed by atoms with van der Waals surface area (Å²) in [7, 11) is 2.11. The number of hydrogen-bond donors (Lipinski definition) is 0. The first-order valence-electron chi connectivity index (χ1n) is 11.6. The molecule has 2 heterocycles. The van der Waals surface area contributed by atoms with Gasteiger partial charge in [0, 0.05) is 11.0 Å². The van der Waals surface area contributed by atoms with Crippen LogP contribution in [0.1, 0.15) is 48.3 Å². The Morgan fingerprint density at radius 1 is 1.09 bits per heavy atom. The summed E-state index contributed by atoms with van der Waals surface area (Å²) in [6, 6.07) is 19.4. The Hall–Kier alpha value is -3.14. The molecule has 0 saturated carbocycles. The minimum Gasteiger partial charge on any atom is -0.371 e. The van der Waals surface area contributed by atoms with Gasteiger partial charge in [0.1, 0.15) is 12.5 Å². The van der Waals surface area contributed by atoms with E-state index in [-0.39, 0.29) is 17.3 Å². The predicted octanol–water partition coefficient (Wildman–Crippen LogP) is 5.97. The van der Waals surface area contributed by atoms with Gasteiger partial charge in [-0.3, -0.25) is 4.98 Å². The van der Waals surface area contributed by atoms with Crippen molar-refractivity contribution in [1.29, 1.82) is 5.26 Å². The quantitative estimate of drug-likeness (QED) is 0.435. The summed E-state index contributed by atoms with van der Waals surface area (Å²) >= 11 is 0. The molecule has 1 fully saturated rings. The van der Waals surface area contributed by atoms with Crippen LogP contribution in [0.3, 0.4) is 0 Å². The maximum absolute atomic E-state index is 13.7. The fraction of sp³-hybridized carbons (Fsp3) is 0.357. The molecule has 0 aliphatic carbocycles. The molecule has 1 atom stereocenters. The largest absolute Gasteiger partial charge is 0.371 e. The number of pyridine rings is 1. The van der Waals surface area contributed by atoms with Crippen molar-refractivity contribution in [2.45, 2.75) is 38.0 Å². The Kier molecular flexibility index (Phi) is 7.35. The Morgan fingerprint density at radius 3 is 2.38 bits per heavy atom. The highest BCUT2D eigenvalue weighted by Gasteiger charge is 2.36. The SMILES string of the molecule is CC(OCC1(c2ccc(F)cc2)CCN(C)CC1)c1cc(CF)cc(-c2ccc(C#N)cc2)n1. The fourth-order valence-corrected chi connectivity index (χ4v) is 4.50. The topological polar surface area (TPSA) is 49.1 Å². The van der Waals surface area contributed by atoms with Crippen LogP contribution in [0.4, 0.5) is 8.78 Å². The Labute approximate surface area is 199 Å². The molecule has 0 radical (unpaired) electrons. The van der Waals surface area contributed by atoms with Crippen LogP contribution in [0, 0.1) is 17.1 Å². The minimum absolute atomic E-state index is 0.206. The smallest absolute Gasteiger partial charge is 0.123 e. The maximum Gasteiger partial charge on any atom is 0.123 e. The van der Waals surface area contributed by atoms with Gasteiger partial charge in [-0.25, -0.2) is 8.78 Å². The molecule has 0 spiro atoms. The summed E-state index contributed by atoms with van der Waals surface area (Å²) in [5, 5.41) is 9.04. The first-order valence-corrected chi connectivity index (χ1v) is 11.6. The average Bonchev–Trinajstić information content (AvgIpc) is 2.88. The van der Waals surface area contributed by atoms with E-state index < -0.39 is 6.67 Å². The molecule has 1 aliphatic rings. The summed E-state index contributed by atoms with van der Waals surface area (Å²) < 4.78 is 33.6. The average molecular weight is 462 g/mol. The standard InChI is InChI=1S/C28H29F2N3O/c1-20(26-15-22(17-29)16-27(32-26)23-5-3-21(18-31)4-6-23)34-19-28(11-13-33(2)14-12-28)24-7-9-25(30)10-8-24/h3-10,15-16,20H,11-14,17,19H2,1-2H3.